The minimum Gasteiger partial charge on any atom is -0.481 e. The first-order valence-corrected chi connectivity index (χ1v) is 18.0. The van der Waals surface area contributed by atoms with E-state index in [1.807, 2.05) is 13.8 Å². The van der Waals surface area contributed by atoms with Crippen molar-refractivity contribution in [3.05, 3.63) is 11.6 Å². The number of rotatable bonds is 5. The van der Waals surface area contributed by atoms with E-state index in [0.717, 1.165) is 18.4 Å². The van der Waals surface area contributed by atoms with Crippen molar-refractivity contribution in [3.8, 4) is 0 Å². The first kappa shape index (κ1) is 36.2. The molecule has 0 amide bonds. The van der Waals surface area contributed by atoms with E-state index in [1.54, 1.807) is 6.92 Å². The van der Waals surface area contributed by atoms with Crippen LogP contribution in [-0.2, 0) is 23.8 Å². The third kappa shape index (κ3) is 4.63. The molecule has 1 heterocycles. The second-order valence-electron chi connectivity index (χ2n) is 17.6. The topological polar surface area (TPSA) is 183 Å². The van der Waals surface area contributed by atoms with Crippen LogP contribution in [0.5, 0.6) is 0 Å². The number of carboxylic acids is 1. The number of allylic oxidation sites excluding steroid dienone is 1. The Morgan fingerprint density at radius 1 is 0.896 bits per heavy atom. The molecule has 1 aliphatic heterocycles. The monoisotopic (exact) mass is 678 g/mol. The molecule has 1 saturated heterocycles. The fourth-order valence-electron chi connectivity index (χ4n) is 12.3. The van der Waals surface area contributed by atoms with E-state index in [4.69, 9.17) is 14.2 Å². The molecule has 5 aliphatic carbocycles. The van der Waals surface area contributed by atoms with Crippen molar-refractivity contribution in [2.24, 2.45) is 50.7 Å². The van der Waals surface area contributed by atoms with Crippen LogP contribution in [0.25, 0.3) is 0 Å². The number of ether oxygens (including phenoxy) is 3. The summed E-state index contributed by atoms with van der Waals surface area (Å²) < 4.78 is 16.9. The molecule has 0 bridgehead atoms. The van der Waals surface area contributed by atoms with Gasteiger partial charge in [0.1, 0.15) is 24.4 Å². The van der Waals surface area contributed by atoms with Crippen molar-refractivity contribution in [1.29, 1.82) is 0 Å². The second kappa shape index (κ2) is 11.7. The number of methoxy groups -OCH3 is 1. The van der Waals surface area contributed by atoms with E-state index in [9.17, 15) is 40.2 Å². The van der Waals surface area contributed by atoms with Crippen molar-refractivity contribution in [3.63, 3.8) is 0 Å². The fraction of sp³-hybridized carbons (Fsp3) is 0.892. The summed E-state index contributed by atoms with van der Waals surface area (Å²) >= 11 is 0. The smallest absolute Gasteiger partial charge is 0.315 e. The number of esters is 1. The van der Waals surface area contributed by atoms with Crippen molar-refractivity contribution in [2.45, 2.75) is 142 Å². The van der Waals surface area contributed by atoms with E-state index in [-0.39, 0.29) is 35.2 Å². The zero-order valence-electron chi connectivity index (χ0n) is 29.6. The SMILES string of the molecule is COC[C@H]1O[C@@H](OC(=O)[C@]23CC[C@@H](C)[C@@](C)(O)[C@H]2C2=CC[C@@H]4[C@@]5(C)CC[C@H](O)[C@](C)(C(=O)O)[C@@H]5CC[C@@]4(C)[C@]2(C)CC3)[C@H](O)[C@@H](O)[C@@H]1O. The molecule has 11 nitrogen and oxygen atoms in total. The van der Waals surface area contributed by atoms with Gasteiger partial charge in [-0.2, -0.15) is 0 Å². The average molecular weight is 679 g/mol. The summed E-state index contributed by atoms with van der Waals surface area (Å²) in [5, 5.41) is 65.7. The first-order valence-electron chi connectivity index (χ1n) is 18.0. The van der Waals surface area contributed by atoms with Gasteiger partial charge in [-0.1, -0.05) is 39.3 Å². The third-order valence-corrected chi connectivity index (χ3v) is 15.8. The van der Waals surface area contributed by atoms with E-state index in [0.29, 0.717) is 44.9 Å². The zero-order chi connectivity index (χ0) is 35.4. The lowest BCUT2D eigenvalue weighted by Gasteiger charge is -2.71. The molecular formula is C37H58O11. The van der Waals surface area contributed by atoms with Crippen molar-refractivity contribution < 1.29 is 54.4 Å². The molecule has 5 fully saturated rings. The Bertz CT molecular complexity index is 1330. The summed E-state index contributed by atoms with van der Waals surface area (Å²) in [6.07, 6.45) is -0.422. The summed E-state index contributed by atoms with van der Waals surface area (Å²) in [5.74, 6) is -2.26. The van der Waals surface area contributed by atoms with Gasteiger partial charge in [-0.25, -0.2) is 0 Å². The van der Waals surface area contributed by atoms with Crippen molar-refractivity contribution >= 4 is 11.9 Å². The molecule has 6 aliphatic rings. The van der Waals surface area contributed by atoms with Gasteiger partial charge in [-0.05, 0) is 106 Å². The molecule has 0 aromatic carbocycles. The van der Waals surface area contributed by atoms with Crippen LogP contribution < -0.4 is 0 Å². The van der Waals surface area contributed by atoms with Crippen LogP contribution in [0, 0.1) is 50.7 Å². The average Bonchev–Trinajstić information content (AvgIpc) is 3.02. The molecule has 0 aromatic rings. The minimum absolute atomic E-state index is 0.0751. The molecule has 6 N–H and O–H groups in total. The second-order valence-corrected chi connectivity index (χ2v) is 17.6. The van der Waals surface area contributed by atoms with E-state index < -0.39 is 76.5 Å². The predicted molar refractivity (Wildman–Crippen MR) is 173 cm³/mol. The maximum Gasteiger partial charge on any atom is 0.315 e. The highest BCUT2D eigenvalue weighted by Crippen LogP contribution is 2.76. The Balaban J connectivity index is 1.39. The summed E-state index contributed by atoms with van der Waals surface area (Å²) in [7, 11) is 1.42. The van der Waals surface area contributed by atoms with Crippen LogP contribution in [0.1, 0.15) is 99.3 Å². The maximum absolute atomic E-state index is 14.6. The first-order chi connectivity index (χ1) is 22.3. The van der Waals surface area contributed by atoms with Gasteiger partial charge < -0.3 is 44.8 Å². The number of aliphatic hydroxyl groups is 5. The van der Waals surface area contributed by atoms with Crippen LogP contribution in [0.15, 0.2) is 11.6 Å². The largest absolute Gasteiger partial charge is 0.481 e. The molecule has 0 aromatic heterocycles. The summed E-state index contributed by atoms with van der Waals surface area (Å²) in [6, 6.07) is 0. The van der Waals surface area contributed by atoms with Crippen molar-refractivity contribution in [1.82, 2.24) is 0 Å². The number of hydrogen-bond acceptors (Lipinski definition) is 10. The molecule has 11 heteroatoms. The Hall–Kier alpha value is -1.60. The summed E-state index contributed by atoms with van der Waals surface area (Å²) in [6.45, 7) is 12.3. The van der Waals surface area contributed by atoms with Gasteiger partial charge in [0, 0.05) is 13.0 Å². The van der Waals surface area contributed by atoms with Crippen LogP contribution in [0.3, 0.4) is 0 Å². The van der Waals surface area contributed by atoms with Gasteiger partial charge >= 0.3 is 11.9 Å². The molecule has 0 unspecified atom stereocenters. The molecule has 0 radical (unpaired) electrons. The van der Waals surface area contributed by atoms with Gasteiger partial charge in [0.05, 0.1) is 29.1 Å². The summed E-state index contributed by atoms with van der Waals surface area (Å²) in [5.41, 5.74) is -3.52. The van der Waals surface area contributed by atoms with E-state index >= 15 is 0 Å². The van der Waals surface area contributed by atoms with Crippen LogP contribution in [-0.4, -0.2) is 98.7 Å². The molecule has 4 saturated carbocycles. The lowest BCUT2D eigenvalue weighted by atomic mass is 9.33. The standard InChI is InChI=1S/C37H58O11/c1-19-10-15-37(31(44)48-29-27(41)26(40)25(39)21(47-29)18-46-7)17-16-33(3)20(28(37)36(19,6)45)8-9-22-32(2)13-12-24(38)35(5,30(42)43)23(32)11-14-34(22,33)4/h8,19,21-29,38-41,45H,9-18H2,1-7H3,(H,42,43)/t19-,21-,22-,23-,24+,25-,26+,27-,28-,29+,32-,33-,34-,35-,36-,37+/m1/s1. The van der Waals surface area contributed by atoms with E-state index in [1.165, 1.54) is 7.11 Å². The quantitative estimate of drug-likeness (QED) is 0.186. The number of carbonyl (C=O) groups excluding carboxylic acids is 1. The summed E-state index contributed by atoms with van der Waals surface area (Å²) in [4.78, 5) is 27.3. The molecule has 0 spiro atoms. The maximum atomic E-state index is 14.6. The lowest BCUT2D eigenvalue weighted by molar-refractivity contribution is -0.300. The number of aliphatic hydroxyl groups excluding tert-OH is 4. The highest BCUT2D eigenvalue weighted by Gasteiger charge is 2.72. The zero-order valence-corrected chi connectivity index (χ0v) is 29.6. The molecule has 272 valence electrons. The van der Waals surface area contributed by atoms with Gasteiger partial charge in [-0.3, -0.25) is 9.59 Å². The normalized spacial score (nSPS) is 54.9. The molecular weight excluding hydrogens is 620 g/mol. The van der Waals surface area contributed by atoms with Gasteiger partial charge in [0.25, 0.3) is 0 Å². The van der Waals surface area contributed by atoms with E-state index in [2.05, 4.69) is 26.8 Å². The number of aliphatic carboxylic acids is 1. The van der Waals surface area contributed by atoms with Crippen molar-refractivity contribution in [2.75, 3.05) is 13.7 Å². The van der Waals surface area contributed by atoms with Crippen LogP contribution in [0.2, 0.25) is 0 Å². The lowest BCUT2D eigenvalue weighted by Crippen LogP contribution is -2.69. The number of carboxylic acid groups (broad SMARTS) is 1. The Morgan fingerprint density at radius 3 is 2.23 bits per heavy atom. The minimum atomic E-state index is -1.67. The van der Waals surface area contributed by atoms with Gasteiger partial charge in [0.15, 0.2) is 0 Å². The number of carbonyl (C=O) groups is 2. The highest BCUT2D eigenvalue weighted by atomic mass is 16.7. The molecule has 48 heavy (non-hydrogen) atoms. The van der Waals surface area contributed by atoms with Gasteiger partial charge in [-0.15, -0.1) is 0 Å². The number of fused-ring (bicyclic) bond motifs is 7. The Morgan fingerprint density at radius 2 is 1.58 bits per heavy atom. The van der Waals surface area contributed by atoms with Crippen LogP contribution in [0.4, 0.5) is 0 Å². The van der Waals surface area contributed by atoms with Crippen LogP contribution >= 0.6 is 0 Å². The Labute approximate surface area is 284 Å². The van der Waals surface area contributed by atoms with Gasteiger partial charge in [0.2, 0.25) is 6.29 Å². The predicted octanol–water partition coefficient (Wildman–Crippen LogP) is 3.18. The molecule has 16 atom stereocenters. The third-order valence-electron chi connectivity index (χ3n) is 15.8. The highest BCUT2D eigenvalue weighted by molar-refractivity contribution is 5.79. The number of hydrogen-bond donors (Lipinski definition) is 6. The Kier molecular flexibility index (Phi) is 8.84. The molecule has 6 rings (SSSR count). The fourth-order valence-corrected chi connectivity index (χ4v) is 12.3.